The molecule has 10 heteroatoms. The van der Waals surface area contributed by atoms with E-state index in [-0.39, 0.29) is 12.2 Å². The van der Waals surface area contributed by atoms with Crippen LogP contribution in [0.2, 0.25) is 0 Å². The number of hydrogen-bond acceptors (Lipinski definition) is 7. The number of unbranched alkanes of at least 4 members (excludes halogenated alkanes) is 21. The Bertz CT molecular complexity index is 940. The van der Waals surface area contributed by atoms with Crippen molar-refractivity contribution in [3.05, 3.63) is 29.8 Å². The minimum Gasteiger partial charge on any atom is -0.494 e. The normalized spacial score (nSPS) is 12.7. The van der Waals surface area contributed by atoms with Crippen LogP contribution >= 0.6 is 0 Å². The van der Waals surface area contributed by atoms with E-state index in [2.05, 4.69) is 15.4 Å². The second-order valence-electron chi connectivity index (χ2n) is 12.6. The fourth-order valence-corrected chi connectivity index (χ4v) is 5.99. The number of benzene rings is 1. The fraction of sp³-hybridized carbons (Fsp3) is 0.811. The number of rotatable bonds is 36. The number of aromatic carboxylic acids is 1. The molecule has 2 N–H and O–H groups in total. The second-order valence-corrected chi connectivity index (χ2v) is 15.0. The molecule has 47 heavy (non-hydrogen) atoms. The van der Waals surface area contributed by atoms with Gasteiger partial charge in [-0.05, 0) is 62.8 Å². The molecule has 0 aliphatic carbocycles. The first kappa shape index (κ1) is 43.7. The van der Waals surface area contributed by atoms with Crippen LogP contribution < -0.4 is 4.74 Å². The van der Waals surface area contributed by atoms with Crippen LogP contribution in [-0.4, -0.2) is 59.5 Å². The highest BCUT2D eigenvalue weighted by Gasteiger charge is 2.03. The number of ether oxygens (including phenoxy) is 3. The Morgan fingerprint density at radius 3 is 1.13 bits per heavy atom. The van der Waals surface area contributed by atoms with Crippen LogP contribution in [0, 0.1) is 0 Å². The van der Waals surface area contributed by atoms with Crippen molar-refractivity contribution in [2.75, 3.05) is 39.6 Å². The van der Waals surface area contributed by atoms with Crippen LogP contribution in [0.4, 0.5) is 0 Å². The van der Waals surface area contributed by atoms with Gasteiger partial charge in [-0.3, -0.25) is 8.74 Å². The van der Waals surface area contributed by atoms with Gasteiger partial charge in [-0.25, -0.2) is 4.79 Å². The predicted octanol–water partition coefficient (Wildman–Crippen LogP) is 10.3. The van der Waals surface area contributed by atoms with E-state index in [0.29, 0.717) is 6.61 Å². The summed E-state index contributed by atoms with van der Waals surface area (Å²) < 4.78 is 41.7. The molecule has 274 valence electrons. The summed E-state index contributed by atoms with van der Waals surface area (Å²) in [5, 5.41) is 8.93. The summed E-state index contributed by atoms with van der Waals surface area (Å²) in [5.74, 6) is -0.177. The van der Waals surface area contributed by atoms with Crippen molar-refractivity contribution in [2.45, 2.75) is 154 Å². The van der Waals surface area contributed by atoms with Crippen LogP contribution in [-0.2, 0) is 33.9 Å². The maximum absolute atomic E-state index is 10.9. The Balaban J connectivity index is 1.66. The summed E-state index contributed by atoms with van der Waals surface area (Å²) in [6.45, 7) is 4.55. The average molecular weight is 703 g/mol. The summed E-state index contributed by atoms with van der Waals surface area (Å²) in [7, 11) is -3.45. The third-order valence-corrected chi connectivity index (χ3v) is 9.05. The summed E-state index contributed by atoms with van der Waals surface area (Å²) in [4.78, 5) is 10.9. The van der Waals surface area contributed by atoms with Crippen molar-refractivity contribution in [1.29, 1.82) is 0 Å². The molecule has 1 aromatic rings. The molecule has 0 bridgehead atoms. The van der Waals surface area contributed by atoms with E-state index >= 15 is 0 Å². The molecule has 0 heterocycles. The molecule has 0 aliphatic rings. The zero-order chi connectivity index (χ0) is 34.1. The monoisotopic (exact) mass is 702 g/mol. The predicted molar refractivity (Wildman–Crippen MR) is 195 cm³/mol. The van der Waals surface area contributed by atoms with Crippen molar-refractivity contribution < 1.29 is 37.1 Å². The van der Waals surface area contributed by atoms with E-state index < -0.39 is 15.0 Å². The van der Waals surface area contributed by atoms with Crippen LogP contribution in [0.3, 0.4) is 0 Å². The maximum Gasteiger partial charge on any atom is 0.335 e. The summed E-state index contributed by atoms with van der Waals surface area (Å²) >= 11 is 4.29. The Morgan fingerprint density at radius 1 is 0.511 bits per heavy atom. The second kappa shape index (κ2) is 31.9. The van der Waals surface area contributed by atoms with Crippen LogP contribution in [0.25, 0.3) is 0 Å². The van der Waals surface area contributed by atoms with E-state index in [0.717, 1.165) is 64.3 Å². The summed E-state index contributed by atoms with van der Waals surface area (Å²) in [6.07, 6.45) is 29.0. The summed E-state index contributed by atoms with van der Waals surface area (Å²) in [6, 6.07) is 6.60. The molecule has 0 amide bonds. The van der Waals surface area contributed by atoms with Gasteiger partial charge in [0.1, 0.15) is 5.75 Å². The highest BCUT2D eigenvalue weighted by Crippen LogP contribution is 2.15. The Morgan fingerprint density at radius 2 is 0.809 bits per heavy atom. The number of carboxylic acids is 1. The van der Waals surface area contributed by atoms with Gasteiger partial charge in [0.05, 0.1) is 18.8 Å². The lowest BCUT2D eigenvalue weighted by atomic mass is 10.1. The molecule has 8 nitrogen and oxygen atoms in total. The Hall–Kier alpha value is -1.30. The minimum absolute atomic E-state index is 0.273. The van der Waals surface area contributed by atoms with Gasteiger partial charge >= 0.3 is 5.97 Å². The van der Waals surface area contributed by atoms with Gasteiger partial charge in [-0.2, -0.15) is 4.21 Å². The number of carboxylic acid groups (broad SMARTS) is 1. The Labute approximate surface area is 291 Å². The number of hydrogen-bond donors (Lipinski definition) is 2. The molecule has 0 spiro atoms. The smallest absolute Gasteiger partial charge is 0.335 e. The lowest BCUT2D eigenvalue weighted by Gasteiger charge is -2.07. The van der Waals surface area contributed by atoms with E-state index in [4.69, 9.17) is 23.9 Å². The largest absolute Gasteiger partial charge is 0.494 e. The molecule has 0 radical (unpaired) electrons. The van der Waals surface area contributed by atoms with Crippen LogP contribution in [0.5, 0.6) is 5.75 Å². The van der Waals surface area contributed by atoms with Crippen molar-refractivity contribution >= 4 is 26.2 Å². The van der Waals surface area contributed by atoms with Crippen LogP contribution in [0.15, 0.2) is 24.3 Å². The molecule has 0 saturated carbocycles. The molecule has 0 fully saturated rings. The fourth-order valence-electron chi connectivity index (χ4n) is 5.45. The van der Waals surface area contributed by atoms with Gasteiger partial charge < -0.3 is 19.3 Å². The Kier molecular flexibility index (Phi) is 29.7. The van der Waals surface area contributed by atoms with Gasteiger partial charge in [-0.15, -0.1) is 0 Å². The standard InChI is InChI=1S/C37H66O8S2/c38-37(39)35-25-27-36(28-26-35)44-33-23-17-11-5-3-9-15-21-31-42-29-19-13-7-1-2-8-14-20-30-43-32-22-16-10-4-6-12-18-24-34-45-47(40,41)46/h25-28H,1-24,29-34H2,(H,38,39)(H,40,41,46). The first-order chi connectivity index (χ1) is 22.9. The van der Waals surface area contributed by atoms with Gasteiger partial charge in [0, 0.05) is 37.6 Å². The average Bonchev–Trinajstić information content (AvgIpc) is 3.04. The molecule has 0 aromatic heterocycles. The zero-order valence-electron chi connectivity index (χ0n) is 29.2. The summed E-state index contributed by atoms with van der Waals surface area (Å²) in [5.41, 5.74) is 0.286. The number of carbonyl (C=O) groups is 1. The van der Waals surface area contributed by atoms with Gasteiger partial charge in [0.25, 0.3) is 9.05 Å². The van der Waals surface area contributed by atoms with Gasteiger partial charge in [-0.1, -0.05) is 116 Å². The molecule has 1 unspecified atom stereocenters. The van der Waals surface area contributed by atoms with Crippen LogP contribution in [0.1, 0.15) is 164 Å². The van der Waals surface area contributed by atoms with Gasteiger partial charge in [0.2, 0.25) is 0 Å². The van der Waals surface area contributed by atoms with E-state index in [1.54, 1.807) is 24.3 Å². The molecule has 0 saturated heterocycles. The topological polar surface area (TPSA) is 112 Å². The molecule has 1 rings (SSSR count). The minimum atomic E-state index is -3.45. The first-order valence-corrected chi connectivity index (χ1v) is 21.0. The molecular formula is C37H66O8S2. The molecule has 1 atom stereocenters. The van der Waals surface area contributed by atoms with E-state index in [9.17, 15) is 9.00 Å². The highest BCUT2D eigenvalue weighted by atomic mass is 32.9. The lowest BCUT2D eigenvalue weighted by Crippen LogP contribution is -2.03. The molecule has 1 aromatic carbocycles. The molecule has 0 aliphatic heterocycles. The SMILES string of the molecule is O=C(O)c1ccc(OCCCCCCCCCCOCCCCCCCCCCOCCCCCCCCCCOS(=O)(O)=S)cc1. The van der Waals surface area contributed by atoms with Gasteiger partial charge in [0.15, 0.2) is 0 Å². The van der Waals surface area contributed by atoms with E-state index in [1.165, 1.54) is 122 Å². The highest BCUT2D eigenvalue weighted by molar-refractivity contribution is 8.27. The quantitative estimate of drug-likeness (QED) is 0.0660. The van der Waals surface area contributed by atoms with Crippen molar-refractivity contribution in [2.24, 2.45) is 0 Å². The van der Waals surface area contributed by atoms with Crippen molar-refractivity contribution in [3.63, 3.8) is 0 Å². The zero-order valence-corrected chi connectivity index (χ0v) is 30.8. The third-order valence-electron chi connectivity index (χ3n) is 8.30. The molecular weight excluding hydrogens is 637 g/mol. The third kappa shape index (κ3) is 31.7. The lowest BCUT2D eigenvalue weighted by molar-refractivity contribution is 0.0696. The first-order valence-electron chi connectivity index (χ1n) is 18.6. The maximum atomic E-state index is 10.9. The van der Waals surface area contributed by atoms with Crippen molar-refractivity contribution in [3.8, 4) is 5.75 Å². The van der Waals surface area contributed by atoms with E-state index in [1.807, 2.05) is 0 Å². The van der Waals surface area contributed by atoms with Crippen molar-refractivity contribution in [1.82, 2.24) is 0 Å².